The molecule has 0 saturated heterocycles. The smallest absolute Gasteiger partial charge is 0.694 e. The second-order valence-electron chi connectivity index (χ2n) is 4.44. The van der Waals surface area contributed by atoms with Crippen LogP contribution in [0.3, 0.4) is 0 Å². The molecule has 1 fully saturated rings. The quantitative estimate of drug-likeness (QED) is 0.170. The van der Waals surface area contributed by atoms with Gasteiger partial charge >= 0.3 is 85.3 Å². The minimum absolute atomic E-state index is 0. The summed E-state index contributed by atoms with van der Waals surface area (Å²) in [4.78, 5) is 0. The average Bonchev–Trinajstić information content (AvgIpc) is 3.49. The van der Waals surface area contributed by atoms with Gasteiger partial charge in [0, 0.05) is 0 Å². The van der Waals surface area contributed by atoms with Crippen LogP contribution in [0.1, 0.15) is 12.5 Å². The van der Waals surface area contributed by atoms with Crippen LogP contribution in [0.15, 0.2) is 84.9 Å². The van der Waals surface area contributed by atoms with E-state index in [-0.39, 0.29) is 85.3 Å². The largest absolute Gasteiger partial charge is 3.00 e. The molecule has 0 nitrogen and oxygen atoms in total. The van der Waals surface area contributed by atoms with Crippen molar-refractivity contribution in [1.82, 2.24) is 0 Å². The van der Waals surface area contributed by atoms with Gasteiger partial charge < -0.3 is 25.2 Å². The monoisotopic (exact) mass is 623 g/mol. The fourth-order valence-electron chi connectivity index (χ4n) is 1.42. The SMILES string of the molecule is [C-]#CC.[C-]#Cc1cc[cH-]c1.[CH]1[CH][CH][CH-][CH]1.[Cu+].[Cu+].[Cu+].[Fe+3].[Fe+3].c1cc[cH-]c1.c1cc[cH-]c1. The van der Waals surface area contributed by atoms with E-state index < -0.39 is 0 Å². The Labute approximate surface area is 237 Å². The Kier molecular flexibility index (Phi) is 57.1. The number of rotatable bonds is 0. The Hall–Kier alpha value is -0.233. The van der Waals surface area contributed by atoms with E-state index in [1.165, 1.54) is 0 Å². The standard InChI is InChI=1S/C7H4.3C5H5.C3H3.3Cu.2Fe/c1-2-7-5-3-4-6-7;3*1-2-4-5-3-1;1-3-2;;;;;/h3-6H;3*1-5H;1H3;;;;;/q-2;4*-1;3*+1;2*+3. The maximum absolute atomic E-state index is 6.61. The van der Waals surface area contributed by atoms with E-state index in [2.05, 4.69) is 5.92 Å². The Morgan fingerprint density at radius 2 is 1.10 bits per heavy atom. The molecule has 1 aliphatic rings. The molecule has 0 bridgehead atoms. The number of hydrogen-bond acceptors (Lipinski definition) is 0. The minimum Gasteiger partial charge on any atom is -0.694 e. The Balaban J connectivity index is -0.0000000587. The molecule has 6 radical (unpaired) electrons. The average molecular weight is 625 g/mol. The summed E-state index contributed by atoms with van der Waals surface area (Å²) in [5.41, 5.74) is 0.847. The Morgan fingerprint density at radius 3 is 1.23 bits per heavy atom. The normalized spacial score (nSPS) is 8.77. The van der Waals surface area contributed by atoms with E-state index in [0.717, 1.165) is 5.56 Å². The first-order chi connectivity index (χ1) is 12.3. The van der Waals surface area contributed by atoms with E-state index >= 15 is 0 Å². The van der Waals surface area contributed by atoms with E-state index in [9.17, 15) is 0 Å². The van der Waals surface area contributed by atoms with E-state index in [1.807, 2.05) is 123 Å². The third-order valence-corrected chi connectivity index (χ3v) is 2.47. The third kappa shape index (κ3) is 35.2. The molecule has 4 rings (SSSR count). The van der Waals surface area contributed by atoms with Gasteiger partial charge in [0.05, 0.1) is 0 Å². The minimum atomic E-state index is 0. The van der Waals surface area contributed by atoms with Crippen molar-refractivity contribution < 1.29 is 85.3 Å². The molecule has 3 aromatic rings. The van der Waals surface area contributed by atoms with Crippen LogP contribution >= 0.6 is 0 Å². The van der Waals surface area contributed by atoms with Gasteiger partial charge in [0.25, 0.3) is 0 Å². The van der Waals surface area contributed by atoms with Gasteiger partial charge in [0.1, 0.15) is 0 Å². The van der Waals surface area contributed by atoms with Crippen LogP contribution in [-0.2, 0) is 85.3 Å². The van der Waals surface area contributed by atoms with Crippen LogP contribution in [0.5, 0.6) is 0 Å². The van der Waals surface area contributed by atoms with Crippen LogP contribution in [-0.4, -0.2) is 0 Å². The molecule has 0 N–H and O–H groups in total. The van der Waals surface area contributed by atoms with Crippen LogP contribution < -0.4 is 0 Å². The summed E-state index contributed by atoms with van der Waals surface area (Å²) < 4.78 is 0. The van der Waals surface area contributed by atoms with Crippen molar-refractivity contribution in [1.29, 1.82) is 0 Å². The fraction of sp³-hybridized carbons (Fsp3) is 0.0400. The molecule has 3 aromatic carbocycles. The maximum atomic E-state index is 6.61. The maximum Gasteiger partial charge on any atom is 3.00 e. The van der Waals surface area contributed by atoms with Crippen molar-refractivity contribution in [3.63, 3.8) is 0 Å². The van der Waals surface area contributed by atoms with Crippen molar-refractivity contribution in [2.45, 2.75) is 6.92 Å². The van der Waals surface area contributed by atoms with Crippen molar-refractivity contribution in [3.8, 4) is 11.8 Å². The molecule has 1 saturated carbocycles. The molecule has 0 aromatic heterocycles. The van der Waals surface area contributed by atoms with Gasteiger partial charge in [-0.15, -0.1) is 5.56 Å². The Morgan fingerprint density at radius 1 is 0.700 bits per heavy atom. The molecule has 1 aliphatic carbocycles. The molecule has 0 heterocycles. The molecule has 0 unspecified atom stereocenters. The van der Waals surface area contributed by atoms with E-state index in [1.54, 1.807) is 6.92 Å². The third-order valence-electron chi connectivity index (χ3n) is 2.47. The van der Waals surface area contributed by atoms with Gasteiger partial charge in [-0.2, -0.15) is 67.4 Å². The first kappa shape index (κ1) is 43.6. The van der Waals surface area contributed by atoms with Crippen molar-refractivity contribution >= 4 is 0 Å². The molecular weight excluding hydrogens is 603 g/mol. The first-order valence-electron chi connectivity index (χ1n) is 7.83. The Bertz CT molecular complexity index is 559. The van der Waals surface area contributed by atoms with E-state index in [4.69, 9.17) is 12.8 Å². The second-order valence-corrected chi connectivity index (χ2v) is 4.44. The van der Waals surface area contributed by atoms with Gasteiger partial charge in [-0.25, -0.2) is 30.3 Å². The summed E-state index contributed by atoms with van der Waals surface area (Å²) in [5.74, 6) is 4.26. The molecule has 0 atom stereocenters. The van der Waals surface area contributed by atoms with E-state index in [0.29, 0.717) is 0 Å². The molecule has 0 amide bonds. The van der Waals surface area contributed by atoms with Gasteiger partial charge in [0.2, 0.25) is 0 Å². The van der Waals surface area contributed by atoms with Gasteiger partial charge in [-0.1, -0.05) is 12.8 Å². The molecule has 0 spiro atoms. The second kappa shape index (κ2) is 39.3. The van der Waals surface area contributed by atoms with Gasteiger partial charge in [-0.3, -0.25) is 5.92 Å². The number of hydrogen-bond donors (Lipinski definition) is 0. The molecular formula is C25H22Cu3Fe2+3. The van der Waals surface area contributed by atoms with Crippen LogP contribution in [0.25, 0.3) is 0 Å². The summed E-state index contributed by atoms with van der Waals surface area (Å²) in [7, 11) is 0. The zero-order valence-electron chi connectivity index (χ0n) is 16.1. The molecule has 0 aliphatic heterocycles. The van der Waals surface area contributed by atoms with Crippen LogP contribution in [0, 0.1) is 56.8 Å². The van der Waals surface area contributed by atoms with Crippen LogP contribution in [0.2, 0.25) is 0 Å². The first-order valence-corrected chi connectivity index (χ1v) is 7.83. The summed E-state index contributed by atoms with van der Waals surface area (Å²) in [6.45, 7) is 1.54. The van der Waals surface area contributed by atoms with Crippen molar-refractivity contribution in [3.05, 3.63) is 135 Å². The van der Waals surface area contributed by atoms with Crippen molar-refractivity contribution in [2.24, 2.45) is 0 Å². The van der Waals surface area contributed by atoms with Gasteiger partial charge in [-0.05, 0) is 6.92 Å². The summed E-state index contributed by atoms with van der Waals surface area (Å²) in [6, 6.07) is 27.5. The predicted octanol–water partition coefficient (Wildman–Crippen LogP) is 5.76. The van der Waals surface area contributed by atoms with Crippen molar-refractivity contribution in [2.75, 3.05) is 0 Å². The molecule has 5 heteroatoms. The zero-order valence-corrected chi connectivity index (χ0v) is 21.1. The predicted molar refractivity (Wildman–Crippen MR) is 107 cm³/mol. The van der Waals surface area contributed by atoms with Gasteiger partial charge in [0.15, 0.2) is 0 Å². The molecule has 30 heavy (non-hydrogen) atoms. The zero-order chi connectivity index (χ0) is 18.4. The topological polar surface area (TPSA) is 0 Å². The van der Waals surface area contributed by atoms with Crippen LogP contribution in [0.4, 0.5) is 0 Å². The summed E-state index contributed by atoms with van der Waals surface area (Å²) in [5, 5.41) is 0. The summed E-state index contributed by atoms with van der Waals surface area (Å²) >= 11 is 0. The fourth-order valence-corrected chi connectivity index (χ4v) is 1.42. The molecule has 168 valence electrons. The summed E-state index contributed by atoms with van der Waals surface area (Å²) in [6.07, 6.45) is 22.6.